The molecule has 2 aliphatic heterocycles. The topological polar surface area (TPSA) is 209 Å². The van der Waals surface area contributed by atoms with Crippen molar-refractivity contribution in [1.82, 2.24) is 10.2 Å². The van der Waals surface area contributed by atoms with Gasteiger partial charge in [0.2, 0.25) is 5.91 Å². The van der Waals surface area contributed by atoms with Gasteiger partial charge in [-0.25, -0.2) is 9.59 Å². The van der Waals surface area contributed by atoms with Gasteiger partial charge in [-0.3, -0.25) is 14.5 Å². The molecule has 0 spiro atoms. The molecule has 2 amide bonds. The average molecular weight is 722 g/mol. The molecule has 1 aromatic carbocycles. The third-order valence-corrected chi connectivity index (χ3v) is 11.1. The summed E-state index contributed by atoms with van der Waals surface area (Å²) in [5.74, 6) is -3.29. The van der Waals surface area contributed by atoms with Crippen LogP contribution < -0.4 is 9.88 Å². The van der Waals surface area contributed by atoms with Gasteiger partial charge in [-0.15, -0.1) is 35.3 Å². The molecule has 4 rings (SSSR count). The van der Waals surface area contributed by atoms with Gasteiger partial charge in [0, 0.05) is 38.5 Å². The highest BCUT2D eigenvalue weighted by atomic mass is 35.5. The van der Waals surface area contributed by atoms with Crippen LogP contribution in [-0.2, 0) is 19.2 Å². The summed E-state index contributed by atoms with van der Waals surface area (Å²) >= 11 is 15.8. The van der Waals surface area contributed by atoms with Gasteiger partial charge in [-0.1, -0.05) is 23.2 Å². The molecule has 242 valence electrons. The molecule has 1 aromatic heterocycles. The van der Waals surface area contributed by atoms with Crippen LogP contribution in [0.3, 0.4) is 0 Å². The Morgan fingerprint density at radius 3 is 2.38 bits per heavy atom. The Bertz CT molecular complexity index is 1500. The van der Waals surface area contributed by atoms with Crippen LogP contribution in [0, 0.1) is 0 Å². The van der Waals surface area contributed by atoms with Crippen LogP contribution in [0.15, 0.2) is 63.8 Å². The first-order valence-electron chi connectivity index (χ1n) is 13.1. The minimum absolute atomic E-state index is 0.0286. The zero-order valence-electron chi connectivity index (χ0n) is 23.0. The summed E-state index contributed by atoms with van der Waals surface area (Å²) in [7, 11) is 0. The highest BCUT2D eigenvalue weighted by Crippen LogP contribution is 2.41. The zero-order valence-corrected chi connectivity index (χ0v) is 27.0. The van der Waals surface area contributed by atoms with Crippen molar-refractivity contribution < 1.29 is 54.4 Å². The number of hydrogen-bond donors (Lipinski definition) is 7. The van der Waals surface area contributed by atoms with Gasteiger partial charge in [-0.2, -0.15) is 4.57 Å². The van der Waals surface area contributed by atoms with E-state index in [1.807, 2.05) is 0 Å². The molecule has 0 radical (unpaired) electrons. The summed E-state index contributed by atoms with van der Waals surface area (Å²) in [6.07, 6.45) is -2.93. The number of amides is 2. The molecule has 0 unspecified atom stereocenters. The standard InChI is InChI=1S/C27H27Cl2N3O10S3/c28-13-1-2-15(29)17(7-13)44-11-18(35)30-19-24(38)32-20(26(39)40)12(10-45-25(19)32)9-43-14-3-5-31(6-4-14)21(27(41)42)23(37)22(36)16(34)8-33/h1-7,16,19,21-23,25,33-34,36-37H,8-11H2,(H2-,30,35,39,40,41,42)/p+1/t16-,19-,21+,22-,23-,25-/m1/s1. The number of hydrogen-bond acceptors (Lipinski definition) is 11. The van der Waals surface area contributed by atoms with Gasteiger partial charge in [0.1, 0.15) is 29.3 Å². The fraction of sp³-hybridized carbons (Fsp3) is 0.370. The number of nitrogens with one attached hydrogen (secondary N) is 1. The van der Waals surface area contributed by atoms with Crippen LogP contribution in [0.2, 0.25) is 10.0 Å². The van der Waals surface area contributed by atoms with Gasteiger partial charge in [0.15, 0.2) is 18.5 Å². The first-order valence-corrected chi connectivity index (χ1v) is 16.9. The van der Waals surface area contributed by atoms with E-state index < -0.39 is 66.1 Å². The third kappa shape index (κ3) is 8.07. The fourth-order valence-corrected chi connectivity index (χ4v) is 8.26. The third-order valence-electron chi connectivity index (χ3n) is 6.88. The highest BCUT2D eigenvalue weighted by molar-refractivity contribution is 8.01. The average Bonchev–Trinajstić information content (AvgIpc) is 3.02. The molecule has 6 atom stereocenters. The number of pyridine rings is 1. The second-order valence-corrected chi connectivity index (χ2v) is 13.9. The molecule has 7 N–H and O–H groups in total. The normalized spacial score (nSPS) is 20.5. The number of carbonyl (C=O) groups excluding carboxylic acids is 2. The summed E-state index contributed by atoms with van der Waals surface area (Å²) in [5, 5.41) is 61.4. The van der Waals surface area contributed by atoms with Crippen molar-refractivity contribution in [2.45, 2.75) is 45.6 Å². The fourth-order valence-electron chi connectivity index (χ4n) is 4.59. The van der Waals surface area contributed by atoms with Gasteiger partial charge in [0.25, 0.3) is 11.9 Å². The smallest absolute Gasteiger partial charge is 0.376 e. The first kappa shape index (κ1) is 35.3. The van der Waals surface area contributed by atoms with Gasteiger partial charge in [0.05, 0.1) is 17.4 Å². The van der Waals surface area contributed by atoms with Gasteiger partial charge >= 0.3 is 11.9 Å². The van der Waals surface area contributed by atoms with Crippen molar-refractivity contribution in [3.63, 3.8) is 0 Å². The van der Waals surface area contributed by atoms with E-state index in [4.69, 9.17) is 28.3 Å². The molecule has 0 saturated carbocycles. The summed E-state index contributed by atoms with van der Waals surface area (Å²) in [6.45, 7) is -0.879. The number of aliphatic hydroxyl groups is 4. The number of aliphatic carboxylic acids is 2. The van der Waals surface area contributed by atoms with Crippen LogP contribution in [0.5, 0.6) is 0 Å². The van der Waals surface area contributed by atoms with Crippen molar-refractivity contribution in [2.24, 2.45) is 0 Å². The Morgan fingerprint density at radius 1 is 1.07 bits per heavy atom. The Labute approximate surface area is 279 Å². The van der Waals surface area contributed by atoms with E-state index in [0.29, 0.717) is 25.4 Å². The minimum atomic E-state index is -1.94. The number of halogens is 2. The second kappa shape index (κ2) is 15.4. The summed E-state index contributed by atoms with van der Waals surface area (Å²) in [4.78, 5) is 52.0. The number of fused-ring (bicyclic) bond motifs is 1. The number of aromatic nitrogens is 1. The van der Waals surface area contributed by atoms with Crippen molar-refractivity contribution in [3.05, 3.63) is 64.0 Å². The number of carbonyl (C=O) groups is 4. The number of nitrogens with zero attached hydrogens (tertiary/aromatic N) is 2. The van der Waals surface area contributed by atoms with E-state index in [1.54, 1.807) is 18.2 Å². The van der Waals surface area contributed by atoms with Crippen molar-refractivity contribution in [2.75, 3.05) is 23.9 Å². The Balaban J connectivity index is 1.38. The number of carboxylic acid groups (broad SMARTS) is 2. The number of thioether (sulfide) groups is 3. The van der Waals surface area contributed by atoms with E-state index in [0.717, 1.165) is 16.3 Å². The van der Waals surface area contributed by atoms with Crippen LogP contribution in [0.4, 0.5) is 0 Å². The molecule has 2 aliphatic rings. The summed E-state index contributed by atoms with van der Waals surface area (Å²) in [5.41, 5.74) is 0.327. The number of β-lactam (4-membered cyclic amide) rings is 1. The molecule has 45 heavy (non-hydrogen) atoms. The van der Waals surface area contributed by atoms with E-state index in [2.05, 4.69) is 5.32 Å². The van der Waals surface area contributed by atoms with E-state index in [-0.39, 0.29) is 23.0 Å². The molecule has 3 heterocycles. The molecule has 18 heteroatoms. The predicted octanol–water partition coefficient (Wildman–Crippen LogP) is 0.605. The maximum atomic E-state index is 13.0. The van der Waals surface area contributed by atoms with Crippen molar-refractivity contribution in [1.29, 1.82) is 0 Å². The molecule has 0 aliphatic carbocycles. The lowest BCUT2D eigenvalue weighted by atomic mass is 10.0. The Morgan fingerprint density at radius 2 is 1.76 bits per heavy atom. The minimum Gasteiger partial charge on any atom is -0.477 e. The maximum absolute atomic E-state index is 13.0. The van der Waals surface area contributed by atoms with Gasteiger partial charge < -0.3 is 36.0 Å². The molecule has 1 fully saturated rings. The predicted molar refractivity (Wildman–Crippen MR) is 166 cm³/mol. The van der Waals surface area contributed by atoms with Crippen molar-refractivity contribution in [3.8, 4) is 0 Å². The zero-order chi connectivity index (χ0) is 33.0. The van der Waals surface area contributed by atoms with E-state index in [9.17, 15) is 44.7 Å². The molecule has 13 nitrogen and oxygen atoms in total. The first-order chi connectivity index (χ1) is 21.3. The highest BCUT2D eigenvalue weighted by Gasteiger charge is 2.54. The lowest BCUT2D eigenvalue weighted by Crippen LogP contribution is -2.70. The monoisotopic (exact) mass is 720 g/mol. The van der Waals surface area contributed by atoms with E-state index >= 15 is 0 Å². The van der Waals surface area contributed by atoms with Crippen LogP contribution in [-0.4, -0.2) is 113 Å². The SMILES string of the molecule is O=C(CSc1cc(Cl)ccc1Cl)N[C@@H]1C(=O)N2C(C(=O)O)=C(CSc3cc[n+]([C@H](C(=O)O)[C@@H](O)[C@H](O)[C@H](O)CO)cc3)CS[C@H]12. The number of aliphatic hydroxyl groups excluding tert-OH is 4. The lowest BCUT2D eigenvalue weighted by molar-refractivity contribution is -0.719. The number of carboxylic acids is 2. The molecule has 2 aromatic rings. The van der Waals surface area contributed by atoms with Gasteiger partial charge in [-0.05, 0) is 23.8 Å². The Kier molecular flexibility index (Phi) is 12.1. The summed E-state index contributed by atoms with van der Waals surface area (Å²) in [6, 6.07) is 5.35. The lowest BCUT2D eigenvalue weighted by Gasteiger charge is -2.49. The second-order valence-electron chi connectivity index (χ2n) is 9.86. The van der Waals surface area contributed by atoms with Crippen LogP contribution in [0.1, 0.15) is 6.04 Å². The van der Waals surface area contributed by atoms with Crippen LogP contribution >= 0.6 is 58.5 Å². The molecular formula is C27H28Cl2N3O10S3+. The molecule has 0 bridgehead atoms. The number of benzene rings is 1. The van der Waals surface area contributed by atoms with Crippen molar-refractivity contribution >= 4 is 82.2 Å². The number of rotatable bonds is 14. The van der Waals surface area contributed by atoms with E-state index in [1.165, 1.54) is 53.0 Å². The largest absolute Gasteiger partial charge is 0.477 e. The summed E-state index contributed by atoms with van der Waals surface area (Å²) < 4.78 is 1.11. The Hall–Kier alpha value is -2.54. The maximum Gasteiger partial charge on any atom is 0.376 e. The molecular weight excluding hydrogens is 693 g/mol. The molecule has 1 saturated heterocycles. The quantitative estimate of drug-likeness (QED) is 0.0812. The van der Waals surface area contributed by atoms with Crippen LogP contribution in [0.25, 0.3) is 0 Å².